The summed E-state index contributed by atoms with van der Waals surface area (Å²) in [6, 6.07) is 0. The predicted octanol–water partition coefficient (Wildman–Crippen LogP) is -0.522. The molecule has 1 aliphatic heterocycles. The molecule has 9 heavy (non-hydrogen) atoms. The smallest absolute Gasteiger partial charge is 0.164 e. The number of hydrogen-bond donors (Lipinski definition) is 1. The first-order chi connectivity index (χ1) is 4.29. The lowest BCUT2D eigenvalue weighted by atomic mass is 9.97. The lowest BCUT2D eigenvalue weighted by Gasteiger charge is -2.09. The van der Waals surface area contributed by atoms with Gasteiger partial charge in [-0.1, -0.05) is 0 Å². The van der Waals surface area contributed by atoms with Crippen LogP contribution in [0.3, 0.4) is 0 Å². The molecular weight excluding hydrogens is 120 g/mol. The first-order valence-corrected chi connectivity index (χ1v) is 3.15. The Bertz CT molecular complexity index is 154. The van der Waals surface area contributed by atoms with E-state index in [1.807, 2.05) is 0 Å². The first kappa shape index (κ1) is 5.38. The highest BCUT2D eigenvalue weighted by atomic mass is 16.6. The maximum absolute atomic E-state index is 10.7. The minimum atomic E-state index is -0.382. The molecular formula is C6H8O3. The van der Waals surface area contributed by atoms with Crippen LogP contribution in [-0.2, 0) is 9.53 Å². The molecule has 1 saturated heterocycles. The fourth-order valence-electron chi connectivity index (χ4n) is 1.27. The van der Waals surface area contributed by atoms with Crippen LogP contribution in [0.25, 0.3) is 0 Å². The Balaban J connectivity index is 2.08. The lowest BCUT2D eigenvalue weighted by Crippen LogP contribution is -2.27. The molecule has 0 spiro atoms. The molecule has 1 aliphatic carbocycles. The van der Waals surface area contributed by atoms with Crippen molar-refractivity contribution in [3.05, 3.63) is 0 Å². The number of Topliss-reactive ketones (excluding diaryl/α,β-unsaturated/α-hetero) is 1. The van der Waals surface area contributed by atoms with E-state index in [2.05, 4.69) is 0 Å². The summed E-state index contributed by atoms with van der Waals surface area (Å²) in [6.45, 7) is 0. The minimum absolute atomic E-state index is 0.147. The minimum Gasteiger partial charge on any atom is -0.390 e. The average molecular weight is 128 g/mol. The Hall–Kier alpha value is -0.410. The van der Waals surface area contributed by atoms with Gasteiger partial charge >= 0.3 is 0 Å². The summed E-state index contributed by atoms with van der Waals surface area (Å²) in [4.78, 5) is 10.7. The van der Waals surface area contributed by atoms with Gasteiger partial charge < -0.3 is 9.84 Å². The van der Waals surface area contributed by atoms with E-state index in [4.69, 9.17) is 9.84 Å². The molecule has 0 aromatic carbocycles. The number of carbonyl (C=O) groups is 1. The van der Waals surface area contributed by atoms with Crippen molar-refractivity contribution in [3.8, 4) is 0 Å². The van der Waals surface area contributed by atoms with Crippen molar-refractivity contribution in [1.29, 1.82) is 0 Å². The number of aliphatic hydroxyl groups excluding tert-OH is 1. The predicted molar refractivity (Wildman–Crippen MR) is 28.9 cm³/mol. The van der Waals surface area contributed by atoms with Crippen molar-refractivity contribution in [2.24, 2.45) is 0 Å². The van der Waals surface area contributed by atoms with Crippen LogP contribution in [0.15, 0.2) is 0 Å². The number of carbonyl (C=O) groups excluding carboxylic acids is 1. The summed E-state index contributed by atoms with van der Waals surface area (Å²) in [5.74, 6) is 0.158. The molecule has 2 aliphatic rings. The highest BCUT2D eigenvalue weighted by Gasteiger charge is 2.52. The van der Waals surface area contributed by atoms with E-state index in [-0.39, 0.29) is 24.1 Å². The molecule has 0 aromatic rings. The average Bonchev–Trinajstić information content (AvgIpc) is 2.57. The zero-order valence-electron chi connectivity index (χ0n) is 4.91. The zero-order chi connectivity index (χ0) is 6.43. The molecule has 0 radical (unpaired) electrons. The van der Waals surface area contributed by atoms with Gasteiger partial charge in [0.25, 0.3) is 0 Å². The van der Waals surface area contributed by atoms with Gasteiger partial charge in [-0.05, 0) is 6.42 Å². The van der Waals surface area contributed by atoms with E-state index in [0.29, 0.717) is 12.8 Å². The highest BCUT2D eigenvalue weighted by molar-refractivity contribution is 5.87. The van der Waals surface area contributed by atoms with Crippen LogP contribution >= 0.6 is 0 Å². The molecule has 1 saturated carbocycles. The molecule has 3 atom stereocenters. The Morgan fingerprint density at radius 2 is 2.44 bits per heavy atom. The molecule has 0 aromatic heterocycles. The van der Waals surface area contributed by atoms with E-state index in [1.54, 1.807) is 0 Å². The molecule has 1 heterocycles. The number of epoxide rings is 1. The second-order valence-electron chi connectivity index (χ2n) is 2.59. The molecule has 3 heteroatoms. The summed E-state index contributed by atoms with van der Waals surface area (Å²) in [5, 5.41) is 9.06. The van der Waals surface area contributed by atoms with Gasteiger partial charge in [-0.3, -0.25) is 4.79 Å². The van der Waals surface area contributed by atoms with Crippen LogP contribution in [0, 0.1) is 0 Å². The Labute approximate surface area is 52.6 Å². The SMILES string of the molecule is O=C1CC[C@@H](O)[C@H]2O[C@@H]12. The van der Waals surface area contributed by atoms with E-state index >= 15 is 0 Å². The van der Waals surface area contributed by atoms with Crippen LogP contribution in [0.2, 0.25) is 0 Å². The third-order valence-electron chi connectivity index (χ3n) is 1.91. The summed E-state index contributed by atoms with van der Waals surface area (Å²) >= 11 is 0. The third-order valence-corrected chi connectivity index (χ3v) is 1.91. The first-order valence-electron chi connectivity index (χ1n) is 3.15. The lowest BCUT2D eigenvalue weighted by molar-refractivity contribution is -0.121. The fraction of sp³-hybridized carbons (Fsp3) is 0.833. The van der Waals surface area contributed by atoms with Gasteiger partial charge in [-0.25, -0.2) is 0 Å². The number of rotatable bonds is 0. The number of ketones is 1. The van der Waals surface area contributed by atoms with Crippen LogP contribution in [0.4, 0.5) is 0 Å². The van der Waals surface area contributed by atoms with Crippen LogP contribution in [0.1, 0.15) is 12.8 Å². The maximum atomic E-state index is 10.7. The van der Waals surface area contributed by atoms with Crippen molar-refractivity contribution in [1.82, 2.24) is 0 Å². The van der Waals surface area contributed by atoms with Crippen LogP contribution in [0.5, 0.6) is 0 Å². The van der Waals surface area contributed by atoms with Gasteiger partial charge in [0.05, 0.1) is 6.10 Å². The van der Waals surface area contributed by atoms with Gasteiger partial charge in [-0.2, -0.15) is 0 Å². The van der Waals surface area contributed by atoms with Gasteiger partial charge in [0.15, 0.2) is 5.78 Å². The topological polar surface area (TPSA) is 49.8 Å². The molecule has 2 fully saturated rings. The van der Waals surface area contributed by atoms with Crippen molar-refractivity contribution in [2.45, 2.75) is 31.2 Å². The molecule has 1 N–H and O–H groups in total. The maximum Gasteiger partial charge on any atom is 0.164 e. The quantitative estimate of drug-likeness (QED) is 0.446. The van der Waals surface area contributed by atoms with Crippen molar-refractivity contribution in [2.75, 3.05) is 0 Å². The third kappa shape index (κ3) is 0.686. The number of hydrogen-bond acceptors (Lipinski definition) is 3. The standard InChI is InChI=1S/C6H8O3/c7-3-1-2-4(8)6-5(3)9-6/h3,5-7H,1-2H2/t3-,5-,6+/m1/s1. The van der Waals surface area contributed by atoms with Crippen molar-refractivity contribution < 1.29 is 14.6 Å². The second-order valence-corrected chi connectivity index (χ2v) is 2.59. The van der Waals surface area contributed by atoms with E-state index < -0.39 is 0 Å². The number of fused-ring (bicyclic) bond motifs is 1. The molecule has 3 nitrogen and oxygen atoms in total. The highest BCUT2D eigenvalue weighted by Crippen LogP contribution is 2.33. The summed E-state index contributed by atoms with van der Waals surface area (Å²) in [5.41, 5.74) is 0. The van der Waals surface area contributed by atoms with E-state index in [1.165, 1.54) is 0 Å². The summed E-state index contributed by atoms with van der Waals surface area (Å²) < 4.78 is 4.90. The van der Waals surface area contributed by atoms with Gasteiger partial charge in [0.1, 0.15) is 12.2 Å². The molecule has 0 bridgehead atoms. The van der Waals surface area contributed by atoms with Gasteiger partial charge in [0, 0.05) is 6.42 Å². The summed E-state index contributed by atoms with van der Waals surface area (Å²) in [7, 11) is 0. The van der Waals surface area contributed by atoms with Crippen molar-refractivity contribution in [3.63, 3.8) is 0 Å². The summed E-state index contributed by atoms with van der Waals surface area (Å²) in [6.07, 6.45) is 0.301. The van der Waals surface area contributed by atoms with E-state index in [9.17, 15) is 4.79 Å². The van der Waals surface area contributed by atoms with Gasteiger partial charge in [-0.15, -0.1) is 0 Å². The zero-order valence-corrected chi connectivity index (χ0v) is 4.91. The van der Waals surface area contributed by atoms with Crippen LogP contribution < -0.4 is 0 Å². The molecule has 0 amide bonds. The number of ether oxygens (including phenoxy) is 1. The monoisotopic (exact) mass is 128 g/mol. The Kier molecular flexibility index (Phi) is 0.926. The van der Waals surface area contributed by atoms with E-state index in [0.717, 1.165) is 0 Å². The molecule has 50 valence electrons. The largest absolute Gasteiger partial charge is 0.390 e. The molecule has 2 rings (SSSR count). The fourth-order valence-corrected chi connectivity index (χ4v) is 1.27. The Morgan fingerprint density at radius 1 is 1.67 bits per heavy atom. The van der Waals surface area contributed by atoms with Crippen molar-refractivity contribution >= 4 is 5.78 Å². The second kappa shape index (κ2) is 1.55. The Morgan fingerprint density at radius 3 is 3.11 bits per heavy atom. The van der Waals surface area contributed by atoms with Gasteiger partial charge in [0.2, 0.25) is 0 Å². The van der Waals surface area contributed by atoms with Crippen LogP contribution in [-0.4, -0.2) is 29.2 Å². The number of aliphatic hydroxyl groups is 1. The normalized spacial score (nSPS) is 48.6. The molecule has 0 unspecified atom stereocenters.